The Balaban J connectivity index is 1.55. The maximum Gasteiger partial charge on any atom is 0.259 e. The molecule has 6 heteroatoms. The predicted molar refractivity (Wildman–Crippen MR) is 130 cm³/mol. The summed E-state index contributed by atoms with van der Waals surface area (Å²) >= 11 is 0. The Labute approximate surface area is 196 Å². The molecule has 1 saturated heterocycles. The molecule has 2 aromatic rings. The molecular formula is C27H35N3O3. The van der Waals surface area contributed by atoms with Crippen LogP contribution in [0.25, 0.3) is 0 Å². The van der Waals surface area contributed by atoms with Crippen LogP contribution >= 0.6 is 0 Å². The Morgan fingerprint density at radius 1 is 0.939 bits per heavy atom. The van der Waals surface area contributed by atoms with Gasteiger partial charge < -0.3 is 14.8 Å². The van der Waals surface area contributed by atoms with Crippen molar-refractivity contribution in [1.82, 2.24) is 14.8 Å². The number of carbonyl (C=O) groups excluding carboxylic acids is 2. The Kier molecular flexibility index (Phi) is 7.63. The number of piperidine rings is 1. The fourth-order valence-electron chi connectivity index (χ4n) is 5.29. The van der Waals surface area contributed by atoms with Gasteiger partial charge >= 0.3 is 0 Å². The van der Waals surface area contributed by atoms with Crippen molar-refractivity contribution in [2.45, 2.75) is 64.3 Å². The lowest BCUT2D eigenvalue weighted by Crippen LogP contribution is -2.41. The van der Waals surface area contributed by atoms with Crippen LogP contribution in [-0.4, -0.2) is 40.9 Å². The van der Waals surface area contributed by atoms with Crippen molar-refractivity contribution >= 4 is 11.8 Å². The van der Waals surface area contributed by atoms with E-state index in [0.29, 0.717) is 31.5 Å². The molecule has 1 N–H and O–H groups in total. The Morgan fingerprint density at radius 3 is 2.27 bits per heavy atom. The number of rotatable bonds is 6. The molecule has 33 heavy (non-hydrogen) atoms. The second-order valence-electron chi connectivity index (χ2n) is 9.45. The molecule has 176 valence electrons. The highest BCUT2D eigenvalue weighted by molar-refractivity contribution is 5.99. The van der Waals surface area contributed by atoms with Gasteiger partial charge in [0.2, 0.25) is 5.43 Å². The Bertz CT molecular complexity index is 1020. The molecule has 2 amide bonds. The third-order valence-electron chi connectivity index (χ3n) is 7.14. The van der Waals surface area contributed by atoms with Gasteiger partial charge in [-0.15, -0.1) is 0 Å². The second kappa shape index (κ2) is 10.8. The van der Waals surface area contributed by atoms with E-state index in [1.165, 1.54) is 24.8 Å². The number of hydrogen-bond donors (Lipinski definition) is 1. The summed E-state index contributed by atoms with van der Waals surface area (Å²) in [5.41, 5.74) is 1.03. The summed E-state index contributed by atoms with van der Waals surface area (Å²) in [6.45, 7) is 4.23. The second-order valence-corrected chi connectivity index (χ2v) is 9.45. The minimum absolute atomic E-state index is 0.0673. The van der Waals surface area contributed by atoms with Crippen LogP contribution in [0.5, 0.6) is 0 Å². The van der Waals surface area contributed by atoms with Crippen molar-refractivity contribution in [3.05, 3.63) is 69.6 Å². The van der Waals surface area contributed by atoms with Crippen LogP contribution in [0.2, 0.25) is 0 Å². The van der Waals surface area contributed by atoms with Gasteiger partial charge in [-0.3, -0.25) is 14.4 Å². The van der Waals surface area contributed by atoms with Gasteiger partial charge in [-0.05, 0) is 50.0 Å². The van der Waals surface area contributed by atoms with E-state index >= 15 is 0 Å². The molecule has 6 nitrogen and oxygen atoms in total. The van der Waals surface area contributed by atoms with E-state index in [2.05, 4.69) is 29.6 Å². The first-order valence-corrected chi connectivity index (χ1v) is 12.4. The molecule has 1 aliphatic heterocycles. The van der Waals surface area contributed by atoms with Gasteiger partial charge in [-0.2, -0.15) is 0 Å². The smallest absolute Gasteiger partial charge is 0.259 e. The quantitative estimate of drug-likeness (QED) is 0.719. The number of carbonyl (C=O) groups is 2. The molecule has 0 unspecified atom stereocenters. The van der Waals surface area contributed by atoms with Gasteiger partial charge in [-0.1, -0.05) is 49.6 Å². The topological polar surface area (TPSA) is 71.4 Å². The maximum absolute atomic E-state index is 13.4. The fraction of sp³-hybridized carbons (Fsp3) is 0.519. The van der Waals surface area contributed by atoms with E-state index in [9.17, 15) is 14.4 Å². The molecule has 1 aromatic heterocycles. The number of amides is 2. The molecule has 0 radical (unpaired) electrons. The summed E-state index contributed by atoms with van der Waals surface area (Å²) in [6, 6.07) is 10.4. The first kappa shape index (κ1) is 23.3. The number of likely N-dealkylation sites (tertiary alicyclic amines) is 1. The molecular weight excluding hydrogens is 414 g/mol. The first-order chi connectivity index (χ1) is 16.1. The highest BCUT2D eigenvalue weighted by Gasteiger charge is 2.28. The molecule has 4 rings (SSSR count). The number of aromatic nitrogens is 1. The number of hydrogen-bond acceptors (Lipinski definition) is 3. The lowest BCUT2D eigenvalue weighted by Gasteiger charge is -2.32. The molecule has 1 saturated carbocycles. The first-order valence-electron chi connectivity index (χ1n) is 12.4. The predicted octanol–water partition coefficient (Wildman–Crippen LogP) is 4.20. The molecule has 1 aromatic carbocycles. The number of benzene rings is 1. The van der Waals surface area contributed by atoms with Crippen LogP contribution in [0.15, 0.2) is 47.5 Å². The molecule has 2 aliphatic rings. The summed E-state index contributed by atoms with van der Waals surface area (Å²) in [5, 5.41) is 2.73. The zero-order valence-corrected chi connectivity index (χ0v) is 19.6. The minimum Gasteiger partial charge on any atom is -0.352 e. The van der Waals surface area contributed by atoms with E-state index in [1.54, 1.807) is 17.3 Å². The van der Waals surface area contributed by atoms with Crippen LogP contribution in [0.3, 0.4) is 0 Å². The van der Waals surface area contributed by atoms with Crippen LogP contribution < -0.4 is 10.7 Å². The third kappa shape index (κ3) is 5.55. The zero-order valence-electron chi connectivity index (χ0n) is 19.6. The molecule has 0 bridgehead atoms. The van der Waals surface area contributed by atoms with Crippen LogP contribution in [0.1, 0.15) is 84.1 Å². The summed E-state index contributed by atoms with van der Waals surface area (Å²) in [5.74, 6) is 0.292. The highest BCUT2D eigenvalue weighted by Crippen LogP contribution is 2.28. The van der Waals surface area contributed by atoms with E-state index in [-0.39, 0.29) is 17.0 Å². The third-order valence-corrected chi connectivity index (χ3v) is 7.14. The molecule has 2 heterocycles. The van der Waals surface area contributed by atoms with E-state index < -0.39 is 11.3 Å². The van der Waals surface area contributed by atoms with Crippen molar-refractivity contribution in [1.29, 1.82) is 0 Å². The standard InChI is InChI=1S/C27H35N3O3/c1-2-28-26(32)23-18-29(17-20-9-5-3-6-10-20)19-24(25(23)31)27(33)30-15-13-22(14-16-30)21-11-7-4-8-12-21/h4,7-8,11-12,18-20,22H,2-3,5-6,9-10,13-17H2,1H3,(H,28,32). The van der Waals surface area contributed by atoms with Gasteiger partial charge in [0.15, 0.2) is 0 Å². The SMILES string of the molecule is CCNC(=O)c1cn(CC2CCCCC2)cc(C(=O)N2CCC(c3ccccc3)CC2)c1=O. The number of nitrogens with zero attached hydrogens (tertiary/aromatic N) is 2. The van der Waals surface area contributed by atoms with Gasteiger partial charge in [0.25, 0.3) is 11.8 Å². The highest BCUT2D eigenvalue weighted by atomic mass is 16.2. The fourth-order valence-corrected chi connectivity index (χ4v) is 5.29. The molecule has 0 atom stereocenters. The lowest BCUT2D eigenvalue weighted by molar-refractivity contribution is 0.0710. The Hall–Kier alpha value is -2.89. The largest absolute Gasteiger partial charge is 0.352 e. The van der Waals surface area contributed by atoms with Gasteiger partial charge in [0.1, 0.15) is 11.1 Å². The van der Waals surface area contributed by atoms with Gasteiger partial charge in [-0.25, -0.2) is 0 Å². The van der Waals surface area contributed by atoms with Crippen LogP contribution in [0.4, 0.5) is 0 Å². The summed E-state index contributed by atoms with van der Waals surface area (Å²) in [4.78, 5) is 41.0. The normalized spacial score (nSPS) is 17.7. The molecule has 0 spiro atoms. The summed E-state index contributed by atoms with van der Waals surface area (Å²) in [7, 11) is 0. The van der Waals surface area contributed by atoms with Crippen LogP contribution in [-0.2, 0) is 6.54 Å². The van der Waals surface area contributed by atoms with Crippen molar-refractivity contribution in [2.24, 2.45) is 5.92 Å². The van der Waals surface area contributed by atoms with Crippen molar-refractivity contribution in [3.8, 4) is 0 Å². The monoisotopic (exact) mass is 449 g/mol. The Morgan fingerprint density at radius 2 is 1.61 bits per heavy atom. The summed E-state index contributed by atoms with van der Waals surface area (Å²) < 4.78 is 1.91. The zero-order chi connectivity index (χ0) is 23.2. The van der Waals surface area contributed by atoms with E-state index in [4.69, 9.17) is 0 Å². The van der Waals surface area contributed by atoms with Crippen LogP contribution in [0, 0.1) is 5.92 Å². The maximum atomic E-state index is 13.4. The molecule has 2 fully saturated rings. The van der Waals surface area contributed by atoms with Crippen molar-refractivity contribution in [2.75, 3.05) is 19.6 Å². The lowest BCUT2D eigenvalue weighted by atomic mass is 9.89. The van der Waals surface area contributed by atoms with E-state index in [1.807, 2.05) is 17.6 Å². The number of pyridine rings is 1. The minimum atomic E-state index is -0.462. The average molecular weight is 450 g/mol. The van der Waals surface area contributed by atoms with Crippen molar-refractivity contribution in [3.63, 3.8) is 0 Å². The van der Waals surface area contributed by atoms with Gasteiger partial charge in [0, 0.05) is 38.6 Å². The average Bonchev–Trinajstić information content (AvgIpc) is 2.86. The number of nitrogens with one attached hydrogen (secondary N) is 1. The van der Waals surface area contributed by atoms with E-state index in [0.717, 1.165) is 32.2 Å². The summed E-state index contributed by atoms with van der Waals surface area (Å²) in [6.07, 6.45) is 11.1. The van der Waals surface area contributed by atoms with Crippen molar-refractivity contribution < 1.29 is 9.59 Å². The molecule has 1 aliphatic carbocycles. The van der Waals surface area contributed by atoms with Gasteiger partial charge in [0.05, 0.1) is 0 Å².